The maximum absolute atomic E-state index is 5.96. The fourth-order valence-corrected chi connectivity index (χ4v) is 2.06. The summed E-state index contributed by atoms with van der Waals surface area (Å²) in [7, 11) is 4.21. The van der Waals surface area contributed by atoms with Crippen LogP contribution < -0.4 is 4.74 Å². The van der Waals surface area contributed by atoms with E-state index in [2.05, 4.69) is 44.1 Å². The lowest BCUT2D eigenvalue weighted by Crippen LogP contribution is -2.22. The molecule has 1 heterocycles. The minimum atomic E-state index is 0.378. The molecule has 0 fully saturated rings. The standard InChI is InChI=1S/C13H19NO/c1-10-5-4-6-11-9-12(15-13(10)11)7-8-14(2)3/h4-6,12H,7-9H2,1-3H3. The molecular formula is C13H19NO. The molecule has 0 N–H and O–H groups in total. The first kappa shape index (κ1) is 10.5. The van der Waals surface area contributed by atoms with Crippen LogP contribution >= 0.6 is 0 Å². The summed E-state index contributed by atoms with van der Waals surface area (Å²) in [6.45, 7) is 3.21. The second-order valence-corrected chi connectivity index (χ2v) is 4.60. The molecule has 15 heavy (non-hydrogen) atoms. The van der Waals surface area contributed by atoms with Crippen LogP contribution in [-0.2, 0) is 6.42 Å². The number of benzene rings is 1. The van der Waals surface area contributed by atoms with Crippen LogP contribution in [0.3, 0.4) is 0 Å². The Balaban J connectivity index is 2.00. The van der Waals surface area contributed by atoms with Gasteiger partial charge < -0.3 is 9.64 Å². The highest BCUT2D eigenvalue weighted by molar-refractivity contribution is 5.43. The SMILES string of the molecule is Cc1cccc2c1OC(CCN(C)C)C2. The van der Waals surface area contributed by atoms with Gasteiger partial charge in [-0.3, -0.25) is 0 Å². The molecule has 0 bridgehead atoms. The summed E-state index contributed by atoms with van der Waals surface area (Å²) >= 11 is 0. The van der Waals surface area contributed by atoms with E-state index in [-0.39, 0.29) is 0 Å². The number of nitrogens with zero attached hydrogens (tertiary/aromatic N) is 1. The zero-order chi connectivity index (χ0) is 10.8. The molecular weight excluding hydrogens is 186 g/mol. The summed E-state index contributed by atoms with van der Waals surface area (Å²) in [5.74, 6) is 1.13. The van der Waals surface area contributed by atoms with Crippen LogP contribution in [0.15, 0.2) is 18.2 Å². The first-order chi connectivity index (χ1) is 7.16. The summed E-state index contributed by atoms with van der Waals surface area (Å²) in [5.41, 5.74) is 2.64. The van der Waals surface area contributed by atoms with Gasteiger partial charge in [0.25, 0.3) is 0 Å². The number of aryl methyl sites for hydroxylation is 1. The minimum Gasteiger partial charge on any atom is -0.489 e. The Morgan fingerprint density at radius 3 is 2.87 bits per heavy atom. The highest BCUT2D eigenvalue weighted by Gasteiger charge is 2.23. The molecule has 1 aliphatic heterocycles. The van der Waals surface area contributed by atoms with Gasteiger partial charge in [0.2, 0.25) is 0 Å². The Hall–Kier alpha value is -1.02. The van der Waals surface area contributed by atoms with E-state index in [0.717, 1.165) is 25.1 Å². The largest absolute Gasteiger partial charge is 0.489 e. The summed E-state index contributed by atoms with van der Waals surface area (Å²) in [6, 6.07) is 6.41. The maximum atomic E-state index is 5.96. The Labute approximate surface area is 91.9 Å². The summed E-state index contributed by atoms with van der Waals surface area (Å²) < 4.78 is 5.96. The van der Waals surface area contributed by atoms with Crippen LogP contribution in [0.25, 0.3) is 0 Å². The van der Waals surface area contributed by atoms with Gasteiger partial charge in [0.1, 0.15) is 11.9 Å². The molecule has 1 atom stereocenters. The second kappa shape index (κ2) is 4.23. The van der Waals surface area contributed by atoms with Crippen molar-refractivity contribution in [2.75, 3.05) is 20.6 Å². The molecule has 1 aromatic carbocycles. The number of hydrogen-bond acceptors (Lipinski definition) is 2. The van der Waals surface area contributed by atoms with Crippen molar-refractivity contribution in [2.45, 2.75) is 25.9 Å². The molecule has 1 aliphatic rings. The molecule has 0 spiro atoms. The van der Waals surface area contributed by atoms with Crippen molar-refractivity contribution in [3.63, 3.8) is 0 Å². The first-order valence-electron chi connectivity index (χ1n) is 5.56. The van der Waals surface area contributed by atoms with E-state index >= 15 is 0 Å². The van der Waals surface area contributed by atoms with Crippen molar-refractivity contribution in [3.05, 3.63) is 29.3 Å². The first-order valence-corrected chi connectivity index (χ1v) is 5.56. The van der Waals surface area contributed by atoms with Crippen LogP contribution in [0, 0.1) is 6.92 Å². The fourth-order valence-electron chi connectivity index (χ4n) is 2.06. The zero-order valence-electron chi connectivity index (χ0n) is 9.79. The minimum absolute atomic E-state index is 0.378. The summed E-state index contributed by atoms with van der Waals surface area (Å²) in [6.07, 6.45) is 2.56. The van der Waals surface area contributed by atoms with Gasteiger partial charge in [-0.05, 0) is 38.6 Å². The van der Waals surface area contributed by atoms with E-state index < -0.39 is 0 Å². The Morgan fingerprint density at radius 2 is 2.20 bits per heavy atom. The van der Waals surface area contributed by atoms with E-state index in [1.54, 1.807) is 0 Å². The van der Waals surface area contributed by atoms with Gasteiger partial charge in [-0.25, -0.2) is 0 Å². The Morgan fingerprint density at radius 1 is 1.40 bits per heavy atom. The number of ether oxygens (including phenoxy) is 1. The highest BCUT2D eigenvalue weighted by atomic mass is 16.5. The molecule has 0 amide bonds. The van der Waals surface area contributed by atoms with Crippen LogP contribution in [0.1, 0.15) is 17.5 Å². The van der Waals surface area contributed by atoms with Gasteiger partial charge in [0.15, 0.2) is 0 Å². The van der Waals surface area contributed by atoms with E-state index in [9.17, 15) is 0 Å². The topological polar surface area (TPSA) is 12.5 Å². The summed E-state index contributed by atoms with van der Waals surface area (Å²) in [4.78, 5) is 2.21. The van der Waals surface area contributed by atoms with Crippen molar-refractivity contribution in [1.82, 2.24) is 4.90 Å². The van der Waals surface area contributed by atoms with Crippen LogP contribution in [0.4, 0.5) is 0 Å². The predicted octanol–water partition coefficient (Wildman–Crippen LogP) is 2.25. The van der Waals surface area contributed by atoms with E-state index in [1.807, 2.05) is 0 Å². The number of fused-ring (bicyclic) bond motifs is 1. The predicted molar refractivity (Wildman–Crippen MR) is 62.5 cm³/mol. The Bertz CT molecular complexity index is 346. The summed E-state index contributed by atoms with van der Waals surface area (Å²) in [5, 5.41) is 0. The monoisotopic (exact) mass is 205 g/mol. The molecule has 1 aromatic rings. The van der Waals surface area contributed by atoms with Crippen LogP contribution in [0.5, 0.6) is 5.75 Å². The molecule has 0 radical (unpaired) electrons. The van der Waals surface area contributed by atoms with Gasteiger partial charge in [-0.1, -0.05) is 18.2 Å². The third kappa shape index (κ3) is 2.32. The van der Waals surface area contributed by atoms with Gasteiger partial charge in [-0.15, -0.1) is 0 Å². The molecule has 0 aromatic heterocycles. The third-order valence-corrected chi connectivity index (χ3v) is 2.92. The molecule has 0 saturated carbocycles. The number of rotatable bonds is 3. The van der Waals surface area contributed by atoms with E-state index in [4.69, 9.17) is 4.74 Å². The average molecular weight is 205 g/mol. The van der Waals surface area contributed by atoms with Crippen molar-refractivity contribution in [1.29, 1.82) is 0 Å². The molecule has 0 aliphatic carbocycles. The molecule has 2 nitrogen and oxygen atoms in total. The number of para-hydroxylation sites is 1. The molecule has 1 unspecified atom stereocenters. The quantitative estimate of drug-likeness (QED) is 0.750. The van der Waals surface area contributed by atoms with Crippen molar-refractivity contribution >= 4 is 0 Å². The van der Waals surface area contributed by atoms with Crippen molar-refractivity contribution in [3.8, 4) is 5.75 Å². The van der Waals surface area contributed by atoms with Gasteiger partial charge in [-0.2, -0.15) is 0 Å². The second-order valence-electron chi connectivity index (χ2n) is 4.60. The maximum Gasteiger partial charge on any atom is 0.125 e. The van der Waals surface area contributed by atoms with Crippen LogP contribution in [0.2, 0.25) is 0 Å². The van der Waals surface area contributed by atoms with Crippen molar-refractivity contribution in [2.24, 2.45) is 0 Å². The molecule has 82 valence electrons. The molecule has 2 heteroatoms. The highest BCUT2D eigenvalue weighted by Crippen LogP contribution is 2.32. The third-order valence-electron chi connectivity index (χ3n) is 2.92. The molecule has 2 rings (SSSR count). The zero-order valence-corrected chi connectivity index (χ0v) is 9.79. The lowest BCUT2D eigenvalue weighted by atomic mass is 10.1. The van der Waals surface area contributed by atoms with E-state index in [0.29, 0.717) is 6.10 Å². The average Bonchev–Trinajstić information content (AvgIpc) is 2.59. The lowest BCUT2D eigenvalue weighted by molar-refractivity contribution is 0.202. The normalized spacial score (nSPS) is 19.1. The number of hydrogen-bond donors (Lipinski definition) is 0. The van der Waals surface area contributed by atoms with E-state index in [1.165, 1.54) is 11.1 Å². The molecule has 0 saturated heterocycles. The van der Waals surface area contributed by atoms with Crippen molar-refractivity contribution < 1.29 is 4.74 Å². The lowest BCUT2D eigenvalue weighted by Gasteiger charge is -2.14. The smallest absolute Gasteiger partial charge is 0.125 e. The van der Waals surface area contributed by atoms with Gasteiger partial charge in [0, 0.05) is 13.0 Å². The van der Waals surface area contributed by atoms with Gasteiger partial charge >= 0.3 is 0 Å². The Kier molecular flexibility index (Phi) is 2.96. The fraction of sp³-hybridized carbons (Fsp3) is 0.538. The van der Waals surface area contributed by atoms with Gasteiger partial charge in [0.05, 0.1) is 0 Å². The van der Waals surface area contributed by atoms with Crippen LogP contribution in [-0.4, -0.2) is 31.6 Å².